The molecule has 6 heteroatoms. The first-order valence-electron chi connectivity index (χ1n) is 6.03. The first kappa shape index (κ1) is 13.4. The second-order valence-corrected chi connectivity index (χ2v) is 4.13. The van der Waals surface area contributed by atoms with Crippen molar-refractivity contribution in [2.75, 3.05) is 38.3 Å². The topological polar surface area (TPSA) is 64.8 Å². The SMILES string of the molecule is COc1cc(N2CCOCC2)ccc1C=C[N+](=O)[O-]. The highest BCUT2D eigenvalue weighted by atomic mass is 16.6. The Balaban J connectivity index is 2.22. The van der Waals surface area contributed by atoms with E-state index in [4.69, 9.17) is 9.47 Å². The molecule has 1 aromatic rings. The molecule has 0 radical (unpaired) electrons. The molecule has 0 aromatic heterocycles. The van der Waals surface area contributed by atoms with E-state index in [0.29, 0.717) is 24.5 Å². The Labute approximate surface area is 111 Å². The Morgan fingerprint density at radius 1 is 1.42 bits per heavy atom. The number of hydrogen-bond donors (Lipinski definition) is 0. The Morgan fingerprint density at radius 2 is 2.16 bits per heavy atom. The van der Waals surface area contributed by atoms with Gasteiger partial charge in [0.1, 0.15) is 5.75 Å². The minimum atomic E-state index is -0.491. The molecule has 0 saturated carbocycles. The van der Waals surface area contributed by atoms with Crippen LogP contribution < -0.4 is 9.64 Å². The maximum Gasteiger partial charge on any atom is 0.235 e. The molecule has 0 amide bonds. The van der Waals surface area contributed by atoms with Crippen molar-refractivity contribution in [1.82, 2.24) is 0 Å². The van der Waals surface area contributed by atoms with Crippen molar-refractivity contribution in [1.29, 1.82) is 0 Å². The van der Waals surface area contributed by atoms with Gasteiger partial charge >= 0.3 is 0 Å². The number of benzene rings is 1. The predicted octanol–water partition coefficient (Wildman–Crippen LogP) is 1.78. The van der Waals surface area contributed by atoms with Crippen molar-refractivity contribution in [3.8, 4) is 5.75 Å². The molecule has 1 aliphatic rings. The van der Waals surface area contributed by atoms with Crippen LogP contribution >= 0.6 is 0 Å². The molecule has 0 unspecified atom stereocenters. The van der Waals surface area contributed by atoms with Gasteiger partial charge in [-0.1, -0.05) is 0 Å². The van der Waals surface area contributed by atoms with Crippen molar-refractivity contribution < 1.29 is 14.4 Å². The molecule has 6 nitrogen and oxygen atoms in total. The maximum absolute atomic E-state index is 10.3. The van der Waals surface area contributed by atoms with E-state index in [1.165, 1.54) is 6.08 Å². The van der Waals surface area contributed by atoms with Crippen LogP contribution in [-0.4, -0.2) is 38.3 Å². The third kappa shape index (κ3) is 3.45. The summed E-state index contributed by atoms with van der Waals surface area (Å²) >= 11 is 0. The van der Waals surface area contributed by atoms with Crippen LogP contribution in [0.15, 0.2) is 24.4 Å². The fourth-order valence-electron chi connectivity index (χ4n) is 2.00. The summed E-state index contributed by atoms with van der Waals surface area (Å²) < 4.78 is 10.6. The van der Waals surface area contributed by atoms with Crippen LogP contribution in [0, 0.1) is 10.1 Å². The molecule has 0 atom stereocenters. The van der Waals surface area contributed by atoms with E-state index in [9.17, 15) is 10.1 Å². The molecular weight excluding hydrogens is 248 g/mol. The standard InChI is InChI=1S/C13H16N2O4/c1-18-13-10-12(14-6-8-19-9-7-14)3-2-11(13)4-5-15(16)17/h2-5,10H,6-9H2,1H3. The van der Waals surface area contributed by atoms with Crippen LogP contribution in [-0.2, 0) is 4.74 Å². The molecule has 2 rings (SSSR count). The van der Waals surface area contributed by atoms with Gasteiger partial charge in [0, 0.05) is 36.5 Å². The lowest BCUT2D eigenvalue weighted by Gasteiger charge is -2.29. The molecule has 1 aliphatic heterocycles. The van der Waals surface area contributed by atoms with Gasteiger partial charge in [-0.25, -0.2) is 0 Å². The number of rotatable bonds is 4. The normalized spacial score (nSPS) is 15.7. The molecule has 0 aliphatic carbocycles. The summed E-state index contributed by atoms with van der Waals surface area (Å²) in [5.74, 6) is 0.627. The summed E-state index contributed by atoms with van der Waals surface area (Å²) in [7, 11) is 1.56. The van der Waals surface area contributed by atoms with E-state index in [1.54, 1.807) is 7.11 Å². The first-order valence-corrected chi connectivity index (χ1v) is 6.03. The number of ether oxygens (including phenoxy) is 2. The van der Waals surface area contributed by atoms with Crippen LogP contribution in [0.4, 0.5) is 5.69 Å². The van der Waals surface area contributed by atoms with Crippen LogP contribution in [0.1, 0.15) is 5.56 Å². The minimum absolute atomic E-state index is 0.491. The second-order valence-electron chi connectivity index (χ2n) is 4.13. The third-order valence-corrected chi connectivity index (χ3v) is 2.97. The maximum atomic E-state index is 10.3. The molecular formula is C13H16N2O4. The number of nitro groups is 1. The van der Waals surface area contributed by atoms with Gasteiger partial charge in [0.2, 0.25) is 6.20 Å². The number of methoxy groups -OCH3 is 1. The molecule has 0 N–H and O–H groups in total. The Morgan fingerprint density at radius 3 is 2.79 bits per heavy atom. The van der Waals surface area contributed by atoms with Crippen LogP contribution in [0.5, 0.6) is 5.75 Å². The van der Waals surface area contributed by atoms with Crippen LogP contribution in [0.2, 0.25) is 0 Å². The quantitative estimate of drug-likeness (QED) is 0.612. The fourth-order valence-corrected chi connectivity index (χ4v) is 2.00. The summed E-state index contributed by atoms with van der Waals surface area (Å²) in [5, 5.41) is 10.3. The summed E-state index contributed by atoms with van der Waals surface area (Å²) in [4.78, 5) is 12.1. The van der Waals surface area contributed by atoms with Gasteiger partial charge in [-0.3, -0.25) is 10.1 Å². The molecule has 19 heavy (non-hydrogen) atoms. The van der Waals surface area contributed by atoms with Gasteiger partial charge in [-0.15, -0.1) is 0 Å². The third-order valence-electron chi connectivity index (χ3n) is 2.97. The van der Waals surface area contributed by atoms with E-state index in [0.717, 1.165) is 25.0 Å². The first-order chi connectivity index (χ1) is 9.20. The monoisotopic (exact) mass is 264 g/mol. The Bertz CT molecular complexity index is 482. The minimum Gasteiger partial charge on any atom is -0.496 e. The number of hydrogen-bond acceptors (Lipinski definition) is 5. The average molecular weight is 264 g/mol. The summed E-state index contributed by atoms with van der Waals surface area (Å²) in [6.45, 7) is 3.11. The van der Waals surface area contributed by atoms with Gasteiger partial charge in [-0.05, 0) is 12.1 Å². The molecule has 1 heterocycles. The second kappa shape index (κ2) is 6.19. The largest absolute Gasteiger partial charge is 0.496 e. The highest BCUT2D eigenvalue weighted by Gasteiger charge is 2.13. The fraction of sp³-hybridized carbons (Fsp3) is 0.385. The molecule has 0 bridgehead atoms. The van der Waals surface area contributed by atoms with Crippen molar-refractivity contribution in [2.45, 2.75) is 0 Å². The van der Waals surface area contributed by atoms with E-state index in [1.807, 2.05) is 18.2 Å². The van der Waals surface area contributed by atoms with Crippen LogP contribution in [0.3, 0.4) is 0 Å². The predicted molar refractivity (Wildman–Crippen MR) is 72.1 cm³/mol. The molecule has 1 aromatic carbocycles. The molecule has 1 saturated heterocycles. The Hall–Kier alpha value is -2.08. The van der Waals surface area contributed by atoms with E-state index < -0.39 is 4.92 Å². The number of anilines is 1. The molecule has 0 spiro atoms. The van der Waals surface area contributed by atoms with Crippen molar-refractivity contribution in [2.24, 2.45) is 0 Å². The molecule has 102 valence electrons. The van der Waals surface area contributed by atoms with Crippen LogP contribution in [0.25, 0.3) is 6.08 Å². The zero-order valence-electron chi connectivity index (χ0n) is 10.7. The van der Waals surface area contributed by atoms with Gasteiger partial charge in [-0.2, -0.15) is 0 Å². The lowest BCUT2D eigenvalue weighted by atomic mass is 10.1. The molecule has 1 fully saturated rings. The number of nitrogens with zero attached hydrogens (tertiary/aromatic N) is 2. The summed E-state index contributed by atoms with van der Waals surface area (Å²) in [6, 6.07) is 5.65. The van der Waals surface area contributed by atoms with Gasteiger partial charge in [0.25, 0.3) is 0 Å². The summed E-state index contributed by atoms with van der Waals surface area (Å²) in [5.41, 5.74) is 1.73. The lowest BCUT2D eigenvalue weighted by Crippen LogP contribution is -2.36. The van der Waals surface area contributed by atoms with E-state index >= 15 is 0 Å². The van der Waals surface area contributed by atoms with E-state index in [2.05, 4.69) is 4.90 Å². The van der Waals surface area contributed by atoms with Gasteiger partial charge < -0.3 is 14.4 Å². The zero-order valence-corrected chi connectivity index (χ0v) is 10.7. The lowest BCUT2D eigenvalue weighted by molar-refractivity contribution is -0.400. The van der Waals surface area contributed by atoms with Crippen molar-refractivity contribution in [3.05, 3.63) is 40.1 Å². The highest BCUT2D eigenvalue weighted by molar-refractivity contribution is 5.63. The van der Waals surface area contributed by atoms with E-state index in [-0.39, 0.29) is 0 Å². The zero-order chi connectivity index (χ0) is 13.7. The smallest absolute Gasteiger partial charge is 0.235 e. The Kier molecular flexibility index (Phi) is 4.35. The van der Waals surface area contributed by atoms with Gasteiger partial charge in [0.05, 0.1) is 25.2 Å². The van der Waals surface area contributed by atoms with Crippen molar-refractivity contribution >= 4 is 11.8 Å². The average Bonchev–Trinajstić information content (AvgIpc) is 2.45. The van der Waals surface area contributed by atoms with Gasteiger partial charge in [0.15, 0.2) is 0 Å². The highest BCUT2D eigenvalue weighted by Crippen LogP contribution is 2.27. The number of morpholine rings is 1. The summed E-state index contributed by atoms with van der Waals surface area (Å²) in [6.07, 6.45) is 2.34. The van der Waals surface area contributed by atoms with Crippen molar-refractivity contribution in [3.63, 3.8) is 0 Å².